The van der Waals surface area contributed by atoms with Crippen LogP contribution in [0.15, 0.2) is 0 Å². The quantitative estimate of drug-likeness (QED) is 0.772. The maximum absolute atomic E-state index is 12.2. The van der Waals surface area contributed by atoms with Gasteiger partial charge in [-0.25, -0.2) is 4.79 Å². The summed E-state index contributed by atoms with van der Waals surface area (Å²) >= 11 is 0. The van der Waals surface area contributed by atoms with Crippen molar-refractivity contribution in [1.82, 2.24) is 10.2 Å². The smallest absolute Gasteiger partial charge is 0.317 e. The molecule has 3 atom stereocenters. The maximum Gasteiger partial charge on any atom is 0.317 e. The van der Waals surface area contributed by atoms with Crippen LogP contribution >= 0.6 is 0 Å². The minimum atomic E-state index is -0.870. The first-order valence-corrected chi connectivity index (χ1v) is 9.00. The Bertz CT molecular complexity index is 427. The molecule has 1 rings (SSSR count). The van der Waals surface area contributed by atoms with Crippen molar-refractivity contribution in [3.05, 3.63) is 0 Å². The monoisotopic (exact) mass is 318 g/mol. The lowest BCUT2D eigenvalue weighted by molar-refractivity contribution is -0.150. The summed E-state index contributed by atoms with van der Waals surface area (Å²) in [5.74, 6) is -0.304. The highest BCUT2D eigenvalue weighted by Crippen LogP contribution is 2.38. The van der Waals surface area contributed by atoms with Gasteiger partial charge in [0.1, 0.15) is 0 Å². The molecule has 0 aromatic heterocycles. The van der Waals surface area contributed by atoms with Gasteiger partial charge in [-0.15, -0.1) is 0 Å². The van der Waals surface area contributed by atoms with E-state index in [0.29, 0.717) is 25.1 Å². The van der Waals surface area contributed by atoms with E-state index < -0.39 is 22.2 Å². The van der Waals surface area contributed by atoms with Crippen LogP contribution in [-0.4, -0.2) is 57.4 Å². The van der Waals surface area contributed by atoms with Crippen LogP contribution in [0.1, 0.15) is 33.6 Å². The Kier molecular flexibility index (Phi) is 6.19. The first-order valence-electron chi connectivity index (χ1n) is 7.28. The minimum absolute atomic E-state index is 0.0206. The predicted octanol–water partition coefficient (Wildman–Crippen LogP) is 1.29. The molecule has 0 radical (unpaired) electrons. The highest BCUT2D eigenvalue weighted by Gasteiger charge is 2.48. The number of carbonyl (C=O) groups is 2. The molecule has 21 heavy (non-hydrogen) atoms. The van der Waals surface area contributed by atoms with Gasteiger partial charge in [0.15, 0.2) is 0 Å². The molecule has 1 saturated heterocycles. The number of nitrogens with one attached hydrogen (secondary N) is 1. The average Bonchev–Trinajstić information content (AvgIpc) is 2.82. The molecule has 0 bridgehead atoms. The number of likely N-dealkylation sites (tertiary alicyclic amines) is 1. The van der Waals surface area contributed by atoms with E-state index in [-0.39, 0.29) is 24.5 Å². The van der Waals surface area contributed by atoms with Gasteiger partial charge in [-0.2, -0.15) is 0 Å². The van der Waals surface area contributed by atoms with Crippen molar-refractivity contribution >= 4 is 22.8 Å². The lowest BCUT2D eigenvalue weighted by atomic mass is 9.76. The molecule has 0 spiro atoms. The number of amides is 2. The molecule has 2 amide bonds. The van der Waals surface area contributed by atoms with Gasteiger partial charge in [0.05, 0.1) is 5.41 Å². The zero-order valence-corrected chi connectivity index (χ0v) is 14.0. The standard InChI is InChI=1S/C14H26N2O4S/c1-10(2)14(12(17)18)6-7-16(9-14)13(19)15-11(3)5-8-21(4)20/h10-11H,5-9H2,1-4H3,(H,15,19)(H,17,18). The third-order valence-electron chi connectivity index (χ3n) is 4.33. The van der Waals surface area contributed by atoms with Crippen LogP contribution in [0.5, 0.6) is 0 Å². The van der Waals surface area contributed by atoms with Gasteiger partial charge in [0.25, 0.3) is 0 Å². The van der Waals surface area contributed by atoms with E-state index in [9.17, 15) is 18.9 Å². The van der Waals surface area contributed by atoms with Crippen LogP contribution < -0.4 is 5.32 Å². The minimum Gasteiger partial charge on any atom is -0.481 e. The zero-order valence-electron chi connectivity index (χ0n) is 13.2. The summed E-state index contributed by atoms with van der Waals surface area (Å²) in [4.78, 5) is 25.3. The fourth-order valence-electron chi connectivity index (χ4n) is 2.62. The molecule has 0 saturated carbocycles. The lowest BCUT2D eigenvalue weighted by Crippen LogP contribution is -2.46. The second-order valence-electron chi connectivity index (χ2n) is 6.20. The largest absolute Gasteiger partial charge is 0.481 e. The number of carboxylic acids is 1. The van der Waals surface area contributed by atoms with E-state index in [1.165, 1.54) is 0 Å². The molecule has 2 N–H and O–H groups in total. The van der Waals surface area contributed by atoms with Crippen molar-refractivity contribution in [2.45, 2.75) is 39.7 Å². The van der Waals surface area contributed by atoms with Crippen molar-refractivity contribution in [3.8, 4) is 0 Å². The highest BCUT2D eigenvalue weighted by molar-refractivity contribution is 7.84. The Morgan fingerprint density at radius 2 is 2.00 bits per heavy atom. The van der Waals surface area contributed by atoms with Crippen molar-refractivity contribution < 1.29 is 18.9 Å². The van der Waals surface area contributed by atoms with Crippen LogP contribution in [0.3, 0.4) is 0 Å². The molecule has 1 heterocycles. The van der Waals surface area contributed by atoms with Gasteiger partial charge in [-0.05, 0) is 25.7 Å². The Morgan fingerprint density at radius 1 is 1.38 bits per heavy atom. The van der Waals surface area contributed by atoms with E-state index in [2.05, 4.69) is 5.32 Å². The van der Waals surface area contributed by atoms with Gasteiger partial charge in [-0.3, -0.25) is 9.00 Å². The molecule has 1 fully saturated rings. The lowest BCUT2D eigenvalue weighted by Gasteiger charge is -2.29. The fourth-order valence-corrected chi connectivity index (χ4v) is 3.30. The third-order valence-corrected chi connectivity index (χ3v) is 5.14. The number of urea groups is 1. The van der Waals surface area contributed by atoms with E-state index in [1.807, 2.05) is 20.8 Å². The van der Waals surface area contributed by atoms with Gasteiger partial charge in [0, 0.05) is 41.9 Å². The molecular weight excluding hydrogens is 292 g/mol. The molecule has 1 aliphatic rings. The van der Waals surface area contributed by atoms with E-state index in [4.69, 9.17) is 0 Å². The number of carbonyl (C=O) groups excluding carboxylic acids is 1. The first-order chi connectivity index (χ1) is 9.69. The first kappa shape index (κ1) is 17.9. The van der Waals surface area contributed by atoms with Crippen LogP contribution in [0.4, 0.5) is 4.79 Å². The van der Waals surface area contributed by atoms with Crippen LogP contribution in [0.2, 0.25) is 0 Å². The molecule has 7 heteroatoms. The van der Waals surface area contributed by atoms with Crippen molar-refractivity contribution in [1.29, 1.82) is 0 Å². The van der Waals surface area contributed by atoms with Gasteiger partial charge in [0.2, 0.25) is 0 Å². The van der Waals surface area contributed by atoms with Crippen LogP contribution in [0, 0.1) is 11.3 Å². The predicted molar refractivity (Wildman–Crippen MR) is 82.6 cm³/mol. The number of hydrogen-bond acceptors (Lipinski definition) is 3. The van der Waals surface area contributed by atoms with Gasteiger partial charge >= 0.3 is 12.0 Å². The van der Waals surface area contributed by atoms with Crippen LogP contribution in [0.25, 0.3) is 0 Å². The number of rotatable bonds is 6. The summed E-state index contributed by atoms with van der Waals surface area (Å²) in [7, 11) is -0.870. The molecule has 0 aliphatic carbocycles. The number of hydrogen-bond donors (Lipinski definition) is 2. The Labute approximate surface area is 128 Å². The molecule has 122 valence electrons. The van der Waals surface area contributed by atoms with Crippen molar-refractivity contribution in [3.63, 3.8) is 0 Å². The summed E-state index contributed by atoms with van der Waals surface area (Å²) < 4.78 is 11.0. The Balaban J connectivity index is 2.58. The second-order valence-corrected chi connectivity index (χ2v) is 7.76. The SMILES string of the molecule is CC(CCS(C)=O)NC(=O)N1CCC(C(=O)O)(C(C)C)C1. The molecule has 0 aromatic carbocycles. The average molecular weight is 318 g/mol. The number of aliphatic carboxylic acids is 1. The van der Waals surface area contributed by atoms with Crippen molar-refractivity contribution in [2.24, 2.45) is 11.3 Å². The fraction of sp³-hybridized carbons (Fsp3) is 0.857. The summed E-state index contributed by atoms with van der Waals surface area (Å²) in [6.07, 6.45) is 2.77. The van der Waals surface area contributed by atoms with E-state index in [1.54, 1.807) is 11.2 Å². The van der Waals surface area contributed by atoms with Crippen molar-refractivity contribution in [2.75, 3.05) is 25.1 Å². The van der Waals surface area contributed by atoms with Gasteiger partial charge < -0.3 is 15.3 Å². The maximum atomic E-state index is 12.2. The summed E-state index contributed by atoms with van der Waals surface area (Å²) in [5.41, 5.74) is -0.842. The summed E-state index contributed by atoms with van der Waals surface area (Å²) in [5, 5.41) is 12.3. The van der Waals surface area contributed by atoms with E-state index in [0.717, 1.165) is 0 Å². The van der Waals surface area contributed by atoms with Crippen LogP contribution in [-0.2, 0) is 15.6 Å². The number of nitrogens with zero attached hydrogens (tertiary/aromatic N) is 1. The number of carboxylic acid groups (broad SMARTS) is 1. The van der Waals surface area contributed by atoms with E-state index >= 15 is 0 Å². The zero-order chi connectivity index (χ0) is 16.2. The third kappa shape index (κ3) is 4.43. The highest BCUT2D eigenvalue weighted by atomic mass is 32.2. The Morgan fingerprint density at radius 3 is 2.43 bits per heavy atom. The molecular formula is C14H26N2O4S. The molecule has 6 nitrogen and oxygen atoms in total. The Hall–Kier alpha value is -1.11. The summed E-state index contributed by atoms with van der Waals surface area (Å²) in [6.45, 7) is 6.35. The molecule has 1 aliphatic heterocycles. The summed E-state index contributed by atoms with van der Waals surface area (Å²) in [6, 6.07) is -0.298. The second kappa shape index (κ2) is 7.24. The normalized spacial score (nSPS) is 24.9. The molecule has 3 unspecified atom stereocenters. The molecule has 0 aromatic rings. The topological polar surface area (TPSA) is 86.7 Å². The van der Waals surface area contributed by atoms with Gasteiger partial charge in [-0.1, -0.05) is 13.8 Å².